The van der Waals surface area contributed by atoms with Crippen LogP contribution in [-0.2, 0) is 12.2 Å². The zero-order chi connectivity index (χ0) is 16.2. The highest BCUT2D eigenvalue weighted by Crippen LogP contribution is 2.22. The van der Waals surface area contributed by atoms with Gasteiger partial charge in [-0.25, -0.2) is 0 Å². The Labute approximate surface area is 137 Å². The quantitative estimate of drug-likeness (QED) is 0.725. The second kappa shape index (κ2) is 6.78. The van der Waals surface area contributed by atoms with Crippen molar-refractivity contribution in [3.63, 3.8) is 0 Å². The molecule has 23 heavy (non-hydrogen) atoms. The normalized spacial score (nSPS) is 10.9. The van der Waals surface area contributed by atoms with Crippen LogP contribution in [0.3, 0.4) is 0 Å². The van der Waals surface area contributed by atoms with Crippen molar-refractivity contribution < 1.29 is 4.52 Å². The molecule has 3 aromatic rings. The van der Waals surface area contributed by atoms with Crippen LogP contribution in [0.5, 0.6) is 0 Å². The minimum absolute atomic E-state index is 0.204. The molecule has 7 heteroatoms. The molecule has 3 rings (SSSR count). The summed E-state index contributed by atoms with van der Waals surface area (Å²) in [7, 11) is 0. The number of aryl methyl sites for hydroxylation is 2. The number of nitrogens with zero attached hydrogens (tertiary/aromatic N) is 3. The molecule has 2 aromatic heterocycles. The molecular formula is C16H16N4O2S. The van der Waals surface area contributed by atoms with E-state index < -0.39 is 0 Å². The van der Waals surface area contributed by atoms with Crippen LogP contribution in [0, 0.1) is 13.8 Å². The van der Waals surface area contributed by atoms with E-state index in [0.717, 1.165) is 22.6 Å². The van der Waals surface area contributed by atoms with Crippen molar-refractivity contribution in [2.75, 3.05) is 0 Å². The van der Waals surface area contributed by atoms with E-state index in [2.05, 4.69) is 20.3 Å². The first-order chi connectivity index (χ1) is 11.1. The number of benzene rings is 1. The van der Waals surface area contributed by atoms with Crippen molar-refractivity contribution in [2.24, 2.45) is 0 Å². The van der Waals surface area contributed by atoms with Crippen LogP contribution < -0.4 is 5.56 Å². The number of H-pyrrole nitrogens is 1. The topological polar surface area (TPSA) is 84.7 Å². The highest BCUT2D eigenvalue weighted by Gasteiger charge is 2.11. The largest absolute Gasteiger partial charge is 0.361 e. The standard InChI is InChI=1S/C16H16N4O2S/c1-10-13(11(2)22-20-10)9-23-16-17-15(21)14(18-19-16)8-12-6-4-3-5-7-12/h3-7H,8-9H2,1-2H3,(H,17,19,21). The van der Waals surface area contributed by atoms with Crippen LogP contribution in [0.15, 0.2) is 44.8 Å². The summed E-state index contributed by atoms with van der Waals surface area (Å²) in [6.07, 6.45) is 0.470. The Bertz CT molecular complexity index is 839. The van der Waals surface area contributed by atoms with Gasteiger partial charge in [-0.05, 0) is 19.4 Å². The van der Waals surface area contributed by atoms with E-state index in [1.54, 1.807) is 0 Å². The second-order valence-corrected chi connectivity index (χ2v) is 6.12. The van der Waals surface area contributed by atoms with Gasteiger partial charge in [0, 0.05) is 17.7 Å². The highest BCUT2D eigenvalue weighted by molar-refractivity contribution is 7.98. The smallest absolute Gasteiger partial charge is 0.273 e. The Morgan fingerprint density at radius 3 is 2.61 bits per heavy atom. The molecule has 0 unspecified atom stereocenters. The summed E-state index contributed by atoms with van der Waals surface area (Å²) < 4.78 is 5.12. The minimum atomic E-state index is -0.204. The third-order valence-corrected chi connectivity index (χ3v) is 4.38. The average Bonchev–Trinajstić information content (AvgIpc) is 2.87. The molecule has 0 atom stereocenters. The molecule has 0 aliphatic rings. The van der Waals surface area contributed by atoms with E-state index in [-0.39, 0.29) is 5.56 Å². The van der Waals surface area contributed by atoms with E-state index in [9.17, 15) is 4.79 Å². The molecule has 0 bridgehead atoms. The maximum atomic E-state index is 12.1. The summed E-state index contributed by atoms with van der Waals surface area (Å²) in [5, 5.41) is 12.6. The lowest BCUT2D eigenvalue weighted by atomic mass is 10.1. The monoisotopic (exact) mass is 328 g/mol. The van der Waals surface area contributed by atoms with E-state index in [1.807, 2.05) is 44.2 Å². The Hall–Kier alpha value is -2.41. The van der Waals surface area contributed by atoms with Gasteiger partial charge in [-0.1, -0.05) is 47.3 Å². The van der Waals surface area contributed by atoms with Gasteiger partial charge in [-0.2, -0.15) is 0 Å². The van der Waals surface area contributed by atoms with Crippen LogP contribution in [-0.4, -0.2) is 20.3 Å². The molecule has 0 aliphatic heterocycles. The summed E-state index contributed by atoms with van der Waals surface area (Å²) in [6, 6.07) is 9.73. The first kappa shape index (κ1) is 15.5. The molecule has 0 amide bonds. The molecule has 1 aromatic carbocycles. The molecule has 0 saturated heterocycles. The lowest BCUT2D eigenvalue weighted by molar-refractivity contribution is 0.392. The fourth-order valence-electron chi connectivity index (χ4n) is 2.16. The maximum absolute atomic E-state index is 12.1. The molecule has 0 spiro atoms. The van der Waals surface area contributed by atoms with Crippen LogP contribution in [0.25, 0.3) is 0 Å². The van der Waals surface area contributed by atoms with Gasteiger partial charge in [-0.3, -0.25) is 9.78 Å². The third kappa shape index (κ3) is 3.68. The van der Waals surface area contributed by atoms with Crippen LogP contribution >= 0.6 is 11.8 Å². The summed E-state index contributed by atoms with van der Waals surface area (Å²) in [5.74, 6) is 1.41. The maximum Gasteiger partial charge on any atom is 0.273 e. The molecule has 2 heterocycles. The van der Waals surface area contributed by atoms with Crippen molar-refractivity contribution in [3.05, 3.63) is 69.0 Å². The number of rotatable bonds is 5. The fraction of sp³-hybridized carbons (Fsp3) is 0.250. The summed E-state index contributed by atoms with van der Waals surface area (Å²) in [6.45, 7) is 3.76. The Balaban J connectivity index is 1.71. The van der Waals surface area contributed by atoms with Gasteiger partial charge in [0.1, 0.15) is 11.5 Å². The Morgan fingerprint density at radius 2 is 1.96 bits per heavy atom. The number of aromatic nitrogens is 4. The van der Waals surface area contributed by atoms with E-state index in [4.69, 9.17) is 4.52 Å². The van der Waals surface area contributed by atoms with Crippen molar-refractivity contribution in [2.45, 2.75) is 31.2 Å². The van der Waals surface area contributed by atoms with Gasteiger partial charge in [0.15, 0.2) is 5.16 Å². The van der Waals surface area contributed by atoms with Crippen molar-refractivity contribution in [1.29, 1.82) is 0 Å². The molecule has 118 valence electrons. The molecule has 0 radical (unpaired) electrons. The Morgan fingerprint density at radius 1 is 1.17 bits per heavy atom. The zero-order valence-corrected chi connectivity index (χ0v) is 13.7. The van der Waals surface area contributed by atoms with Gasteiger partial charge in [0.2, 0.25) is 0 Å². The van der Waals surface area contributed by atoms with Crippen molar-refractivity contribution in [1.82, 2.24) is 20.3 Å². The van der Waals surface area contributed by atoms with Gasteiger partial charge < -0.3 is 4.52 Å². The number of aromatic amines is 1. The third-order valence-electron chi connectivity index (χ3n) is 3.49. The molecule has 6 nitrogen and oxygen atoms in total. The Kier molecular flexibility index (Phi) is 4.57. The molecular weight excluding hydrogens is 312 g/mol. The van der Waals surface area contributed by atoms with Gasteiger partial charge in [-0.15, -0.1) is 10.2 Å². The number of thioether (sulfide) groups is 1. The predicted octanol–water partition coefficient (Wildman–Crippen LogP) is 2.65. The lowest BCUT2D eigenvalue weighted by Crippen LogP contribution is -2.17. The van der Waals surface area contributed by atoms with Crippen LogP contribution in [0.1, 0.15) is 28.3 Å². The lowest BCUT2D eigenvalue weighted by Gasteiger charge is -2.02. The number of hydrogen-bond donors (Lipinski definition) is 1. The highest BCUT2D eigenvalue weighted by atomic mass is 32.2. The van der Waals surface area contributed by atoms with Crippen LogP contribution in [0.4, 0.5) is 0 Å². The van der Waals surface area contributed by atoms with Crippen molar-refractivity contribution >= 4 is 11.8 Å². The first-order valence-corrected chi connectivity index (χ1v) is 8.16. The summed E-state index contributed by atoms with van der Waals surface area (Å²) in [4.78, 5) is 14.9. The molecule has 0 aliphatic carbocycles. The predicted molar refractivity (Wildman–Crippen MR) is 87.4 cm³/mol. The van der Waals surface area contributed by atoms with E-state index in [0.29, 0.717) is 23.0 Å². The molecule has 0 fully saturated rings. The second-order valence-electron chi connectivity index (χ2n) is 5.16. The number of hydrogen-bond acceptors (Lipinski definition) is 6. The minimum Gasteiger partial charge on any atom is -0.361 e. The first-order valence-electron chi connectivity index (χ1n) is 7.18. The van der Waals surface area contributed by atoms with E-state index >= 15 is 0 Å². The summed E-state index contributed by atoms with van der Waals surface area (Å²) in [5.41, 5.74) is 3.11. The fourth-order valence-corrected chi connectivity index (χ4v) is 3.12. The SMILES string of the molecule is Cc1noc(C)c1CSc1nnc(Cc2ccccc2)c(=O)[nH]1. The average molecular weight is 328 g/mol. The van der Waals surface area contributed by atoms with Gasteiger partial charge >= 0.3 is 0 Å². The van der Waals surface area contributed by atoms with Crippen molar-refractivity contribution in [3.8, 4) is 0 Å². The van der Waals surface area contributed by atoms with Gasteiger partial charge in [0.05, 0.1) is 5.69 Å². The van der Waals surface area contributed by atoms with E-state index in [1.165, 1.54) is 11.8 Å². The molecule has 0 saturated carbocycles. The van der Waals surface area contributed by atoms with Gasteiger partial charge in [0.25, 0.3) is 5.56 Å². The summed E-state index contributed by atoms with van der Waals surface area (Å²) >= 11 is 1.41. The number of nitrogens with one attached hydrogen (secondary N) is 1. The van der Waals surface area contributed by atoms with Crippen LogP contribution in [0.2, 0.25) is 0 Å². The molecule has 1 N–H and O–H groups in total. The zero-order valence-electron chi connectivity index (χ0n) is 12.9.